The lowest BCUT2D eigenvalue weighted by atomic mass is 9.99. The number of sulfonamides is 1. The predicted molar refractivity (Wildman–Crippen MR) is 66.9 cm³/mol. The molecule has 0 amide bonds. The molecule has 1 aliphatic heterocycles. The minimum Gasteiger partial charge on any atom is -0.481 e. The number of hydrogen-bond acceptors (Lipinski definition) is 4. The van der Waals surface area contributed by atoms with E-state index < -0.39 is 21.9 Å². The Morgan fingerprint density at radius 2 is 2.21 bits per heavy atom. The molecule has 2 heterocycles. The first-order chi connectivity index (χ1) is 8.86. The van der Waals surface area contributed by atoms with Crippen molar-refractivity contribution in [2.24, 2.45) is 11.8 Å². The van der Waals surface area contributed by atoms with E-state index in [9.17, 15) is 13.2 Å². The van der Waals surface area contributed by atoms with Gasteiger partial charge in [0.15, 0.2) is 5.03 Å². The van der Waals surface area contributed by atoms with Crippen molar-refractivity contribution >= 4 is 16.0 Å². The van der Waals surface area contributed by atoms with Crippen LogP contribution >= 0.6 is 0 Å². The fraction of sp³-hybridized carbons (Fsp3) is 0.636. The molecular formula is C11H17N3O4S. The van der Waals surface area contributed by atoms with Crippen molar-refractivity contribution in [3.05, 3.63) is 12.5 Å². The molecule has 2 rings (SSSR count). The van der Waals surface area contributed by atoms with E-state index in [-0.39, 0.29) is 24.0 Å². The number of carbonyl (C=O) groups is 1. The van der Waals surface area contributed by atoms with Gasteiger partial charge in [0.05, 0.1) is 12.2 Å². The van der Waals surface area contributed by atoms with E-state index in [1.807, 2.05) is 6.92 Å². The smallest absolute Gasteiger partial charge is 0.308 e. The van der Waals surface area contributed by atoms with E-state index in [2.05, 4.69) is 4.98 Å². The van der Waals surface area contributed by atoms with E-state index in [4.69, 9.17) is 5.11 Å². The molecule has 1 fully saturated rings. The topological polar surface area (TPSA) is 92.5 Å². The normalized spacial score (nSPS) is 24.7. The molecule has 0 unspecified atom stereocenters. The highest BCUT2D eigenvalue weighted by molar-refractivity contribution is 7.89. The SMILES string of the molecule is CCn1cnc(S(=O)(=O)N2C[C@@H](C)[C@H](C(=O)O)C2)c1. The van der Waals surface area contributed by atoms with Gasteiger partial charge in [-0.3, -0.25) is 4.79 Å². The highest BCUT2D eigenvalue weighted by atomic mass is 32.2. The fourth-order valence-corrected chi connectivity index (χ4v) is 3.72. The first kappa shape index (κ1) is 14.0. The minimum atomic E-state index is -3.69. The Bertz CT molecular complexity index is 581. The van der Waals surface area contributed by atoms with Gasteiger partial charge < -0.3 is 9.67 Å². The van der Waals surface area contributed by atoms with Gasteiger partial charge in [0, 0.05) is 25.8 Å². The lowest BCUT2D eigenvalue weighted by Crippen LogP contribution is -2.30. The lowest BCUT2D eigenvalue weighted by Gasteiger charge is -2.13. The summed E-state index contributed by atoms with van der Waals surface area (Å²) in [5.41, 5.74) is 0. The van der Waals surface area contributed by atoms with Gasteiger partial charge in [-0.15, -0.1) is 0 Å². The van der Waals surface area contributed by atoms with E-state index in [0.717, 1.165) is 0 Å². The molecule has 0 radical (unpaired) electrons. The molecule has 0 aliphatic carbocycles. The van der Waals surface area contributed by atoms with Crippen LogP contribution in [0.15, 0.2) is 17.6 Å². The first-order valence-corrected chi connectivity index (χ1v) is 7.55. The average molecular weight is 287 g/mol. The van der Waals surface area contributed by atoms with Crippen LogP contribution in [0, 0.1) is 11.8 Å². The molecule has 8 heteroatoms. The summed E-state index contributed by atoms with van der Waals surface area (Å²) in [5, 5.41) is 9.02. The van der Waals surface area contributed by atoms with E-state index in [1.54, 1.807) is 11.5 Å². The minimum absolute atomic E-state index is 0.0117. The van der Waals surface area contributed by atoms with E-state index in [1.165, 1.54) is 16.8 Å². The molecule has 1 aliphatic rings. The number of aryl methyl sites for hydroxylation is 1. The summed E-state index contributed by atoms with van der Waals surface area (Å²) in [6.45, 7) is 4.50. The third kappa shape index (κ3) is 2.50. The fourth-order valence-electron chi connectivity index (χ4n) is 2.22. The molecule has 0 bridgehead atoms. The zero-order valence-corrected chi connectivity index (χ0v) is 11.7. The monoisotopic (exact) mass is 287 g/mol. The van der Waals surface area contributed by atoms with Crippen LogP contribution in [-0.2, 0) is 21.4 Å². The standard InChI is InChI=1S/C11H17N3O4S/c1-3-13-6-10(12-7-13)19(17,18)14-4-8(2)9(5-14)11(15)16/h6-9H,3-5H2,1-2H3,(H,15,16)/t8-,9-/m1/s1. The second-order valence-corrected chi connectivity index (χ2v) is 6.67. The largest absolute Gasteiger partial charge is 0.481 e. The zero-order valence-electron chi connectivity index (χ0n) is 10.9. The predicted octanol–water partition coefficient (Wildman–Crippen LogP) is 0.244. The van der Waals surface area contributed by atoms with Gasteiger partial charge in [-0.1, -0.05) is 6.92 Å². The van der Waals surface area contributed by atoms with Gasteiger partial charge in [-0.05, 0) is 12.8 Å². The van der Waals surface area contributed by atoms with Crippen molar-refractivity contribution in [1.82, 2.24) is 13.9 Å². The highest BCUT2D eigenvalue weighted by Crippen LogP contribution is 2.28. The van der Waals surface area contributed by atoms with Gasteiger partial charge in [0.2, 0.25) is 0 Å². The molecule has 106 valence electrons. The Morgan fingerprint density at radius 1 is 1.53 bits per heavy atom. The zero-order chi connectivity index (χ0) is 14.2. The number of carboxylic acid groups (broad SMARTS) is 1. The molecule has 2 atom stereocenters. The molecule has 0 spiro atoms. The summed E-state index contributed by atoms with van der Waals surface area (Å²) >= 11 is 0. The lowest BCUT2D eigenvalue weighted by molar-refractivity contribution is -0.142. The molecule has 0 saturated carbocycles. The molecule has 1 aromatic rings. The number of hydrogen-bond donors (Lipinski definition) is 1. The van der Waals surface area contributed by atoms with Crippen molar-refractivity contribution in [3.63, 3.8) is 0 Å². The van der Waals surface area contributed by atoms with Gasteiger partial charge in [-0.25, -0.2) is 13.4 Å². The Labute approximate surface area is 111 Å². The van der Waals surface area contributed by atoms with Gasteiger partial charge >= 0.3 is 5.97 Å². The molecule has 7 nitrogen and oxygen atoms in total. The molecular weight excluding hydrogens is 270 g/mol. The molecule has 1 N–H and O–H groups in total. The Kier molecular flexibility index (Phi) is 3.64. The van der Waals surface area contributed by atoms with Crippen molar-refractivity contribution in [2.45, 2.75) is 25.4 Å². The summed E-state index contributed by atoms with van der Waals surface area (Å²) < 4.78 is 27.5. The average Bonchev–Trinajstić information content (AvgIpc) is 2.95. The highest BCUT2D eigenvalue weighted by Gasteiger charge is 2.41. The van der Waals surface area contributed by atoms with Crippen LogP contribution in [0.5, 0.6) is 0 Å². The maximum atomic E-state index is 12.3. The van der Waals surface area contributed by atoms with Crippen LogP contribution < -0.4 is 0 Å². The van der Waals surface area contributed by atoms with Crippen LogP contribution in [0.2, 0.25) is 0 Å². The quantitative estimate of drug-likeness (QED) is 0.856. The van der Waals surface area contributed by atoms with Crippen molar-refractivity contribution < 1.29 is 18.3 Å². The first-order valence-electron chi connectivity index (χ1n) is 6.11. The second-order valence-electron chi connectivity index (χ2n) is 4.79. The van der Waals surface area contributed by atoms with Crippen LogP contribution in [0.4, 0.5) is 0 Å². The van der Waals surface area contributed by atoms with Crippen LogP contribution in [-0.4, -0.2) is 46.4 Å². The van der Waals surface area contributed by atoms with Gasteiger partial charge in [0.25, 0.3) is 10.0 Å². The number of aromatic nitrogens is 2. The Balaban J connectivity index is 2.24. The second kappa shape index (κ2) is 4.93. The number of imidazole rings is 1. The number of aliphatic carboxylic acids is 1. The van der Waals surface area contributed by atoms with Crippen LogP contribution in [0.1, 0.15) is 13.8 Å². The molecule has 1 aromatic heterocycles. The number of rotatable bonds is 4. The van der Waals surface area contributed by atoms with Crippen molar-refractivity contribution in [2.75, 3.05) is 13.1 Å². The molecule has 1 saturated heterocycles. The van der Waals surface area contributed by atoms with E-state index in [0.29, 0.717) is 6.54 Å². The summed E-state index contributed by atoms with van der Waals surface area (Å²) in [6, 6.07) is 0. The van der Waals surface area contributed by atoms with Crippen molar-refractivity contribution in [3.8, 4) is 0 Å². The van der Waals surface area contributed by atoms with E-state index >= 15 is 0 Å². The summed E-state index contributed by atoms with van der Waals surface area (Å²) in [6.07, 6.45) is 2.93. The Morgan fingerprint density at radius 3 is 2.68 bits per heavy atom. The summed E-state index contributed by atoms with van der Waals surface area (Å²) in [5.74, 6) is -1.80. The van der Waals surface area contributed by atoms with Crippen LogP contribution in [0.25, 0.3) is 0 Å². The Hall–Kier alpha value is -1.41. The van der Waals surface area contributed by atoms with Gasteiger partial charge in [-0.2, -0.15) is 4.31 Å². The molecule has 0 aromatic carbocycles. The maximum absolute atomic E-state index is 12.3. The summed E-state index contributed by atoms with van der Waals surface area (Å²) in [7, 11) is -3.69. The molecule has 19 heavy (non-hydrogen) atoms. The third-order valence-corrected chi connectivity index (χ3v) is 5.19. The van der Waals surface area contributed by atoms with Gasteiger partial charge in [0.1, 0.15) is 0 Å². The maximum Gasteiger partial charge on any atom is 0.308 e. The van der Waals surface area contributed by atoms with Crippen LogP contribution in [0.3, 0.4) is 0 Å². The summed E-state index contributed by atoms with van der Waals surface area (Å²) in [4.78, 5) is 14.9. The number of carboxylic acids is 1. The third-order valence-electron chi connectivity index (χ3n) is 3.47. The number of nitrogens with zero attached hydrogens (tertiary/aromatic N) is 3. The van der Waals surface area contributed by atoms with Crippen molar-refractivity contribution in [1.29, 1.82) is 0 Å².